The Kier molecular flexibility index (Phi) is 6.15. The number of carbonyl (C=O) groups excluding carboxylic acids is 1. The van der Waals surface area contributed by atoms with Crippen LogP contribution >= 0.6 is 12.4 Å². The Labute approximate surface area is 167 Å². The third-order valence-electron chi connectivity index (χ3n) is 6.05. The van der Waals surface area contributed by atoms with E-state index in [0.29, 0.717) is 43.5 Å². The van der Waals surface area contributed by atoms with Crippen molar-refractivity contribution >= 4 is 28.3 Å². The molecule has 2 fully saturated rings. The van der Waals surface area contributed by atoms with Gasteiger partial charge in [-0.15, -0.1) is 12.4 Å². The van der Waals surface area contributed by atoms with E-state index in [0.717, 1.165) is 36.8 Å². The van der Waals surface area contributed by atoms with Crippen LogP contribution in [0, 0.1) is 0 Å². The number of sulfonamides is 1. The van der Waals surface area contributed by atoms with Gasteiger partial charge in [-0.2, -0.15) is 4.31 Å². The van der Waals surface area contributed by atoms with Gasteiger partial charge in [0.15, 0.2) is 0 Å². The highest BCUT2D eigenvalue weighted by Gasteiger charge is 2.35. The zero-order valence-corrected chi connectivity index (χ0v) is 17.3. The highest BCUT2D eigenvalue weighted by Crippen LogP contribution is 2.27. The van der Waals surface area contributed by atoms with Crippen molar-refractivity contribution < 1.29 is 13.2 Å². The number of benzene rings is 1. The van der Waals surface area contributed by atoms with Gasteiger partial charge in [-0.3, -0.25) is 4.79 Å². The van der Waals surface area contributed by atoms with Gasteiger partial charge in [0.2, 0.25) is 15.9 Å². The first kappa shape index (κ1) is 20.6. The fraction of sp³-hybridized carbons (Fsp3) is 0.632. The van der Waals surface area contributed by atoms with Crippen LogP contribution in [0.1, 0.15) is 37.3 Å². The predicted molar refractivity (Wildman–Crippen MR) is 107 cm³/mol. The molecule has 2 bridgehead atoms. The largest absolute Gasteiger partial charge is 0.342 e. The van der Waals surface area contributed by atoms with Gasteiger partial charge in [-0.25, -0.2) is 8.42 Å². The zero-order chi connectivity index (χ0) is 18.3. The van der Waals surface area contributed by atoms with E-state index < -0.39 is 10.0 Å². The molecule has 8 heteroatoms. The molecule has 3 aliphatic heterocycles. The first-order valence-electron chi connectivity index (χ1n) is 9.57. The SMILES string of the molecule is CC(=O)N1CCc2ccc(S(=O)(=O)N3CCC4CCC(C3)N4)cc2CC1.Cl. The van der Waals surface area contributed by atoms with Crippen LogP contribution in [-0.2, 0) is 27.7 Å². The minimum atomic E-state index is -3.47. The molecule has 1 aromatic rings. The molecule has 1 amide bonds. The molecule has 0 aliphatic carbocycles. The topological polar surface area (TPSA) is 69.7 Å². The average Bonchev–Trinajstić information content (AvgIpc) is 2.80. The van der Waals surface area contributed by atoms with Crippen LogP contribution in [-0.4, -0.2) is 61.8 Å². The Morgan fingerprint density at radius 2 is 1.74 bits per heavy atom. The molecule has 1 N–H and O–H groups in total. The van der Waals surface area contributed by atoms with Crippen LogP contribution in [0.3, 0.4) is 0 Å². The van der Waals surface area contributed by atoms with Crippen LogP contribution in [0.25, 0.3) is 0 Å². The average molecular weight is 414 g/mol. The molecule has 0 aromatic heterocycles. The summed E-state index contributed by atoms with van der Waals surface area (Å²) in [6.07, 6.45) is 4.59. The lowest BCUT2D eigenvalue weighted by molar-refractivity contribution is -0.128. The maximum absolute atomic E-state index is 13.2. The summed E-state index contributed by atoms with van der Waals surface area (Å²) in [4.78, 5) is 13.9. The van der Waals surface area contributed by atoms with E-state index in [1.54, 1.807) is 17.3 Å². The normalized spacial score (nSPS) is 25.9. The van der Waals surface area contributed by atoms with E-state index in [-0.39, 0.29) is 24.4 Å². The molecule has 0 spiro atoms. The molecule has 3 heterocycles. The van der Waals surface area contributed by atoms with Gasteiger partial charge in [0, 0.05) is 45.2 Å². The quantitative estimate of drug-likeness (QED) is 0.799. The fourth-order valence-corrected chi connectivity index (χ4v) is 6.01. The Morgan fingerprint density at radius 3 is 2.48 bits per heavy atom. The molecular weight excluding hydrogens is 386 g/mol. The molecule has 1 aromatic carbocycles. The molecule has 3 aliphatic rings. The second-order valence-corrected chi connectivity index (χ2v) is 9.66. The molecule has 0 saturated carbocycles. The molecule has 2 saturated heterocycles. The number of amides is 1. The van der Waals surface area contributed by atoms with Crippen molar-refractivity contribution in [2.75, 3.05) is 26.2 Å². The summed E-state index contributed by atoms with van der Waals surface area (Å²) in [6.45, 7) is 4.10. The molecule has 4 rings (SSSR count). The molecule has 150 valence electrons. The Balaban J connectivity index is 0.00000210. The number of halogens is 1. The summed E-state index contributed by atoms with van der Waals surface area (Å²) in [7, 11) is -3.47. The van der Waals surface area contributed by atoms with Gasteiger partial charge < -0.3 is 10.2 Å². The maximum Gasteiger partial charge on any atom is 0.243 e. The van der Waals surface area contributed by atoms with Crippen LogP contribution in [0.2, 0.25) is 0 Å². The molecule has 6 nitrogen and oxygen atoms in total. The zero-order valence-electron chi connectivity index (χ0n) is 15.7. The van der Waals surface area contributed by atoms with Crippen molar-refractivity contribution in [1.82, 2.24) is 14.5 Å². The molecule has 2 atom stereocenters. The number of carbonyl (C=O) groups is 1. The Hall–Kier alpha value is -1.15. The lowest BCUT2D eigenvalue weighted by Crippen LogP contribution is -2.39. The van der Waals surface area contributed by atoms with Gasteiger partial charge in [-0.05, 0) is 55.4 Å². The number of hydrogen-bond acceptors (Lipinski definition) is 4. The number of rotatable bonds is 2. The molecule has 2 unspecified atom stereocenters. The van der Waals surface area contributed by atoms with E-state index in [1.165, 1.54) is 0 Å². The Bertz CT molecular complexity index is 814. The van der Waals surface area contributed by atoms with Crippen molar-refractivity contribution in [2.45, 2.75) is 56.0 Å². The van der Waals surface area contributed by atoms with Gasteiger partial charge in [0.1, 0.15) is 0 Å². The van der Waals surface area contributed by atoms with Gasteiger partial charge >= 0.3 is 0 Å². The molecule has 0 radical (unpaired) electrons. The first-order valence-corrected chi connectivity index (χ1v) is 11.0. The second-order valence-electron chi connectivity index (χ2n) is 7.73. The minimum absolute atomic E-state index is 0. The smallest absolute Gasteiger partial charge is 0.243 e. The highest BCUT2D eigenvalue weighted by molar-refractivity contribution is 7.89. The third-order valence-corrected chi connectivity index (χ3v) is 7.91. The van der Waals surface area contributed by atoms with Crippen molar-refractivity contribution in [3.05, 3.63) is 29.3 Å². The summed E-state index contributed by atoms with van der Waals surface area (Å²) in [5, 5.41) is 3.54. The number of nitrogens with one attached hydrogen (secondary N) is 1. The van der Waals surface area contributed by atoms with Crippen molar-refractivity contribution in [2.24, 2.45) is 0 Å². The Morgan fingerprint density at radius 1 is 1.04 bits per heavy atom. The lowest BCUT2D eigenvalue weighted by atomic mass is 10.0. The molecular formula is C19H28ClN3O3S. The summed E-state index contributed by atoms with van der Waals surface area (Å²) in [6, 6.07) is 6.26. The van der Waals surface area contributed by atoms with E-state index in [9.17, 15) is 13.2 Å². The van der Waals surface area contributed by atoms with E-state index >= 15 is 0 Å². The maximum atomic E-state index is 13.2. The van der Waals surface area contributed by atoms with Crippen LogP contribution in [0.4, 0.5) is 0 Å². The summed E-state index contributed by atoms with van der Waals surface area (Å²) < 4.78 is 28.0. The monoisotopic (exact) mass is 413 g/mol. The lowest BCUT2D eigenvalue weighted by Gasteiger charge is -2.24. The summed E-state index contributed by atoms with van der Waals surface area (Å²) in [5.74, 6) is 0.0813. The highest BCUT2D eigenvalue weighted by atomic mass is 35.5. The van der Waals surface area contributed by atoms with Gasteiger partial charge in [0.05, 0.1) is 4.90 Å². The van der Waals surface area contributed by atoms with E-state index in [1.807, 2.05) is 17.0 Å². The molecule has 27 heavy (non-hydrogen) atoms. The van der Waals surface area contributed by atoms with Crippen molar-refractivity contribution in [3.8, 4) is 0 Å². The second kappa shape index (κ2) is 8.07. The van der Waals surface area contributed by atoms with Crippen molar-refractivity contribution in [1.29, 1.82) is 0 Å². The predicted octanol–water partition coefficient (Wildman–Crippen LogP) is 1.57. The first-order chi connectivity index (χ1) is 12.4. The van der Waals surface area contributed by atoms with E-state index in [4.69, 9.17) is 0 Å². The van der Waals surface area contributed by atoms with Gasteiger partial charge in [0.25, 0.3) is 0 Å². The van der Waals surface area contributed by atoms with Crippen LogP contribution in [0.5, 0.6) is 0 Å². The number of nitrogens with zero attached hydrogens (tertiary/aromatic N) is 2. The minimum Gasteiger partial charge on any atom is -0.342 e. The fourth-order valence-electron chi connectivity index (χ4n) is 4.46. The van der Waals surface area contributed by atoms with Gasteiger partial charge in [-0.1, -0.05) is 6.07 Å². The summed E-state index contributed by atoms with van der Waals surface area (Å²) >= 11 is 0. The number of fused-ring (bicyclic) bond motifs is 3. The third kappa shape index (κ3) is 4.16. The van der Waals surface area contributed by atoms with Crippen LogP contribution in [0.15, 0.2) is 23.1 Å². The number of hydrogen-bond donors (Lipinski definition) is 1. The van der Waals surface area contributed by atoms with Crippen molar-refractivity contribution in [3.63, 3.8) is 0 Å². The summed E-state index contributed by atoms with van der Waals surface area (Å²) in [5.41, 5.74) is 2.22. The van der Waals surface area contributed by atoms with Crippen LogP contribution < -0.4 is 5.32 Å². The van der Waals surface area contributed by atoms with E-state index in [2.05, 4.69) is 5.32 Å². The standard InChI is InChI=1S/C19H27N3O3S.ClH/c1-14(23)21-9-6-15-2-5-19(12-16(15)7-10-21)26(24,25)22-11-8-17-3-4-18(13-22)20-17;/h2,5,12,17-18,20H,3-4,6-11,13H2,1H3;1H.